The lowest BCUT2D eigenvalue weighted by Gasteiger charge is -2.30. The number of nitrogens with zero attached hydrogens (tertiary/aromatic N) is 2. The highest BCUT2D eigenvalue weighted by Crippen LogP contribution is 2.39. The van der Waals surface area contributed by atoms with Gasteiger partial charge < -0.3 is 20.1 Å². The van der Waals surface area contributed by atoms with E-state index in [0.717, 1.165) is 0 Å². The van der Waals surface area contributed by atoms with Crippen molar-refractivity contribution in [2.24, 2.45) is 0 Å². The number of fused-ring (bicyclic) bond motifs is 1. The third-order valence-electron chi connectivity index (χ3n) is 7.59. The van der Waals surface area contributed by atoms with Crippen molar-refractivity contribution in [1.82, 2.24) is 15.3 Å². The van der Waals surface area contributed by atoms with E-state index in [0.29, 0.717) is 50.2 Å². The topological polar surface area (TPSA) is 102 Å². The molecule has 1 unspecified atom stereocenters. The molecule has 0 saturated heterocycles. The first-order valence-corrected chi connectivity index (χ1v) is 16.9. The summed E-state index contributed by atoms with van der Waals surface area (Å²) in [4.78, 5) is 8.95. The number of hydrogen-bond donors (Lipinski definition) is 2. The third kappa shape index (κ3) is 7.04. The second kappa shape index (κ2) is 13.5. The van der Waals surface area contributed by atoms with Crippen molar-refractivity contribution in [2.45, 2.75) is 23.5 Å². The van der Waals surface area contributed by atoms with Crippen LogP contribution in [0.15, 0.2) is 113 Å². The van der Waals surface area contributed by atoms with Crippen LogP contribution >= 0.6 is 15.9 Å². The van der Waals surface area contributed by atoms with Gasteiger partial charge in [-0.3, -0.25) is 0 Å². The predicted molar refractivity (Wildman–Crippen MR) is 176 cm³/mol. The molecular weight excluding hydrogens is 678 g/mol. The fourth-order valence-electron chi connectivity index (χ4n) is 5.24. The molecule has 236 valence electrons. The zero-order chi connectivity index (χ0) is 32.1. The van der Waals surface area contributed by atoms with Gasteiger partial charge in [0.1, 0.15) is 36.1 Å². The monoisotopic (exact) mass is 706 g/mol. The Bertz CT molecular complexity index is 2000. The summed E-state index contributed by atoms with van der Waals surface area (Å²) >= 11 is 3.54. The zero-order valence-corrected chi connectivity index (χ0v) is 26.8. The number of ether oxygens (including phenoxy) is 2. The molecule has 0 amide bonds. The smallest absolute Gasteiger partial charge is 0.179 e. The molecule has 4 aromatic carbocycles. The Morgan fingerprint density at radius 2 is 1.83 bits per heavy atom. The van der Waals surface area contributed by atoms with Gasteiger partial charge in [0.25, 0.3) is 0 Å². The van der Waals surface area contributed by atoms with E-state index in [4.69, 9.17) is 9.47 Å². The second-order valence-corrected chi connectivity index (χ2v) is 13.7. The molecule has 0 bridgehead atoms. The van der Waals surface area contributed by atoms with Crippen LogP contribution in [0.2, 0.25) is 0 Å². The highest BCUT2D eigenvalue weighted by atomic mass is 79.9. The third-order valence-corrected chi connectivity index (χ3v) is 9.94. The lowest BCUT2D eigenvalue weighted by molar-refractivity contribution is 0.0385. The maximum Gasteiger partial charge on any atom is 0.179 e. The highest BCUT2D eigenvalue weighted by molar-refractivity contribution is 9.10. The molecule has 2 N–H and O–H groups in total. The summed E-state index contributed by atoms with van der Waals surface area (Å²) in [7, 11) is -3.48. The van der Waals surface area contributed by atoms with E-state index in [1.807, 2.05) is 18.2 Å². The standard InChI is InChI=1S/C34H29BrF2N4O4S/c35-29-17-25(10-11-32(29)44-20-23-6-4-7-24(36)16-23)41-33-27-18-28(30(37)19-31(27)39-22-40-33)34(12-5-14-45-34)21-38-13-15-46(42,43)26-8-2-1-3-9-26/h1-11,14,16-19,22,38H,12-13,15,20-21H2,(H,39,40,41). The van der Waals surface area contributed by atoms with Crippen LogP contribution in [-0.2, 0) is 26.8 Å². The normalized spacial score (nSPS) is 16.0. The molecule has 1 aliphatic rings. The molecule has 12 heteroatoms. The van der Waals surface area contributed by atoms with E-state index in [1.54, 1.807) is 54.6 Å². The minimum atomic E-state index is -3.48. The average molecular weight is 708 g/mol. The van der Waals surface area contributed by atoms with Crippen LogP contribution in [0.1, 0.15) is 17.5 Å². The largest absolute Gasteiger partial charge is 0.489 e. The minimum absolute atomic E-state index is 0.118. The maximum absolute atomic E-state index is 15.7. The molecule has 0 fully saturated rings. The Morgan fingerprint density at radius 3 is 2.59 bits per heavy atom. The molecule has 5 aromatic rings. The van der Waals surface area contributed by atoms with Gasteiger partial charge in [-0.25, -0.2) is 27.2 Å². The van der Waals surface area contributed by atoms with Crippen LogP contribution < -0.4 is 15.4 Å². The summed E-state index contributed by atoms with van der Waals surface area (Å²) in [5.74, 6) is 0.0830. The molecule has 46 heavy (non-hydrogen) atoms. The fourth-order valence-corrected chi connectivity index (χ4v) is 6.95. The molecule has 8 nitrogen and oxygen atoms in total. The lowest BCUT2D eigenvalue weighted by atomic mass is 9.89. The number of sulfone groups is 1. The number of anilines is 2. The SMILES string of the molecule is O=S(=O)(CCNCC1(c2cc3c(Nc4ccc(OCc5cccc(F)c5)c(Br)c4)ncnc3cc2F)CC=CO1)c1ccccc1. The lowest BCUT2D eigenvalue weighted by Crippen LogP contribution is -2.40. The quantitative estimate of drug-likeness (QED) is 0.132. The zero-order valence-electron chi connectivity index (χ0n) is 24.4. The molecule has 1 aromatic heterocycles. The van der Waals surface area contributed by atoms with E-state index < -0.39 is 21.3 Å². The number of rotatable bonds is 12. The Morgan fingerprint density at radius 1 is 0.978 bits per heavy atom. The second-order valence-electron chi connectivity index (χ2n) is 10.8. The Kier molecular flexibility index (Phi) is 9.29. The van der Waals surface area contributed by atoms with Gasteiger partial charge in [-0.1, -0.05) is 30.3 Å². The number of halogens is 3. The van der Waals surface area contributed by atoms with E-state index in [1.165, 1.54) is 30.8 Å². The van der Waals surface area contributed by atoms with Crippen molar-refractivity contribution >= 4 is 48.2 Å². The van der Waals surface area contributed by atoms with Gasteiger partial charge in [0.15, 0.2) is 15.4 Å². The van der Waals surface area contributed by atoms with Crippen LogP contribution in [0, 0.1) is 11.6 Å². The summed E-state index contributed by atoms with van der Waals surface area (Å²) in [6.45, 7) is 0.530. The van der Waals surface area contributed by atoms with Gasteiger partial charge in [0.2, 0.25) is 0 Å². The van der Waals surface area contributed by atoms with Crippen molar-refractivity contribution in [2.75, 3.05) is 24.2 Å². The van der Waals surface area contributed by atoms with Crippen LogP contribution in [0.25, 0.3) is 10.9 Å². The molecule has 1 atom stereocenters. The Labute approximate surface area is 273 Å². The van der Waals surface area contributed by atoms with Gasteiger partial charge in [0.05, 0.1) is 26.9 Å². The van der Waals surface area contributed by atoms with Gasteiger partial charge in [-0.2, -0.15) is 0 Å². The van der Waals surface area contributed by atoms with E-state index in [-0.39, 0.29) is 36.2 Å². The molecule has 1 aliphatic heterocycles. The molecular formula is C34H29BrF2N4O4S. The fraction of sp³-hybridized carbons (Fsp3) is 0.176. The number of hydrogen-bond acceptors (Lipinski definition) is 8. The minimum Gasteiger partial charge on any atom is -0.489 e. The maximum atomic E-state index is 15.7. The van der Waals surface area contributed by atoms with Crippen molar-refractivity contribution in [3.05, 3.63) is 131 Å². The van der Waals surface area contributed by atoms with Gasteiger partial charge in [-0.15, -0.1) is 0 Å². The Hall–Kier alpha value is -4.39. The molecule has 0 saturated carbocycles. The van der Waals surface area contributed by atoms with Crippen molar-refractivity contribution in [3.63, 3.8) is 0 Å². The van der Waals surface area contributed by atoms with E-state index >= 15 is 4.39 Å². The summed E-state index contributed by atoms with van der Waals surface area (Å²) in [5.41, 5.74) is 0.993. The van der Waals surface area contributed by atoms with Crippen molar-refractivity contribution in [1.29, 1.82) is 0 Å². The molecule has 0 spiro atoms. The molecule has 0 aliphatic carbocycles. The van der Waals surface area contributed by atoms with Gasteiger partial charge in [0, 0.05) is 42.2 Å². The Balaban J connectivity index is 1.19. The average Bonchev–Trinajstić information content (AvgIpc) is 3.53. The number of nitrogens with one attached hydrogen (secondary N) is 2. The van der Waals surface area contributed by atoms with Crippen LogP contribution in [0.3, 0.4) is 0 Å². The van der Waals surface area contributed by atoms with Gasteiger partial charge >= 0.3 is 0 Å². The van der Waals surface area contributed by atoms with Crippen molar-refractivity contribution in [3.8, 4) is 5.75 Å². The van der Waals surface area contributed by atoms with E-state index in [9.17, 15) is 12.8 Å². The number of aromatic nitrogens is 2. The van der Waals surface area contributed by atoms with Gasteiger partial charge in [-0.05, 0) is 76.1 Å². The van der Waals surface area contributed by atoms with Crippen molar-refractivity contribution < 1.29 is 26.7 Å². The van der Waals surface area contributed by atoms with Crippen LogP contribution in [-0.4, -0.2) is 37.2 Å². The van der Waals surface area contributed by atoms with Crippen LogP contribution in [0.5, 0.6) is 5.75 Å². The summed E-state index contributed by atoms with van der Waals surface area (Å²) in [6, 6.07) is 22.9. The first kappa shape index (κ1) is 31.6. The number of benzene rings is 4. The summed E-state index contributed by atoms with van der Waals surface area (Å²) < 4.78 is 67.1. The molecule has 2 heterocycles. The first-order chi connectivity index (χ1) is 22.2. The summed E-state index contributed by atoms with van der Waals surface area (Å²) in [6.07, 6.45) is 5.08. The van der Waals surface area contributed by atoms with E-state index in [2.05, 4.69) is 36.5 Å². The molecule has 6 rings (SSSR count). The van der Waals surface area contributed by atoms with Crippen LogP contribution in [0.4, 0.5) is 20.3 Å². The predicted octanol–water partition coefficient (Wildman–Crippen LogP) is 7.19. The first-order valence-electron chi connectivity index (χ1n) is 14.4. The summed E-state index contributed by atoms with van der Waals surface area (Å²) in [5, 5.41) is 7.02. The molecule has 0 radical (unpaired) electrons. The highest BCUT2D eigenvalue weighted by Gasteiger charge is 2.38.